The molecule has 1 fully saturated rings. The molecule has 1 atom stereocenters. The minimum atomic E-state index is -0.294. The molecule has 1 heterocycles. The van der Waals surface area contributed by atoms with Crippen LogP contribution in [0.25, 0.3) is 0 Å². The number of hydrogen-bond donors (Lipinski definition) is 2. The van der Waals surface area contributed by atoms with Gasteiger partial charge in [0.25, 0.3) is 0 Å². The molecule has 4 nitrogen and oxygen atoms in total. The van der Waals surface area contributed by atoms with Crippen molar-refractivity contribution in [3.8, 4) is 0 Å². The predicted octanol–water partition coefficient (Wildman–Crippen LogP) is 1.70. The normalized spacial score (nSPS) is 19.7. The molecule has 1 aliphatic carbocycles. The number of anilines is 1. The molecule has 82 valence electrons. The second kappa shape index (κ2) is 3.94. The van der Waals surface area contributed by atoms with E-state index in [2.05, 4.69) is 15.3 Å². The molecule has 0 radical (unpaired) electrons. The van der Waals surface area contributed by atoms with E-state index in [1.807, 2.05) is 6.92 Å². The molecule has 1 aromatic rings. The van der Waals surface area contributed by atoms with E-state index in [0.717, 1.165) is 12.8 Å². The number of hydrogen-bond acceptors (Lipinski definition) is 4. The highest BCUT2D eigenvalue weighted by molar-refractivity contribution is 6.28. The molecule has 0 saturated heterocycles. The second-order valence-corrected chi connectivity index (χ2v) is 4.52. The van der Waals surface area contributed by atoms with Gasteiger partial charge in [0.1, 0.15) is 5.82 Å². The van der Waals surface area contributed by atoms with Crippen LogP contribution in [-0.4, -0.2) is 27.2 Å². The first-order valence-corrected chi connectivity index (χ1v) is 5.39. The van der Waals surface area contributed by atoms with Crippen LogP contribution in [-0.2, 0) is 0 Å². The smallest absolute Gasteiger partial charge is 0.224 e. The molecule has 1 aromatic heterocycles. The first-order valence-electron chi connectivity index (χ1n) is 5.01. The Morgan fingerprint density at radius 3 is 2.93 bits per heavy atom. The molecule has 2 N–H and O–H groups in total. The van der Waals surface area contributed by atoms with Gasteiger partial charge in [-0.05, 0) is 43.4 Å². The summed E-state index contributed by atoms with van der Waals surface area (Å²) in [4.78, 5) is 7.86. The maximum Gasteiger partial charge on any atom is 0.224 e. The van der Waals surface area contributed by atoms with Crippen LogP contribution in [0.4, 0.5) is 5.82 Å². The van der Waals surface area contributed by atoms with Crippen LogP contribution in [0.2, 0.25) is 5.28 Å². The van der Waals surface area contributed by atoms with Crippen LogP contribution in [0, 0.1) is 5.92 Å². The van der Waals surface area contributed by atoms with Gasteiger partial charge in [-0.2, -0.15) is 0 Å². The number of aliphatic hydroxyl groups excluding tert-OH is 1. The topological polar surface area (TPSA) is 58.0 Å². The molecular formula is C10H14ClN3O. The average molecular weight is 228 g/mol. The Bertz CT molecular complexity index is 356. The third-order valence-electron chi connectivity index (χ3n) is 2.85. The van der Waals surface area contributed by atoms with Gasteiger partial charge < -0.3 is 10.4 Å². The number of aliphatic hydroxyl groups is 1. The van der Waals surface area contributed by atoms with E-state index in [9.17, 15) is 5.11 Å². The Morgan fingerprint density at radius 1 is 1.67 bits per heavy atom. The number of aromatic nitrogens is 2. The number of rotatable bonds is 4. The van der Waals surface area contributed by atoms with E-state index in [4.69, 9.17) is 11.6 Å². The van der Waals surface area contributed by atoms with Crippen molar-refractivity contribution in [3.63, 3.8) is 0 Å². The van der Waals surface area contributed by atoms with Crippen molar-refractivity contribution in [3.05, 3.63) is 17.5 Å². The highest BCUT2D eigenvalue weighted by Crippen LogP contribution is 2.40. The molecule has 5 heteroatoms. The van der Waals surface area contributed by atoms with E-state index in [1.54, 1.807) is 12.3 Å². The van der Waals surface area contributed by atoms with Gasteiger partial charge in [-0.25, -0.2) is 9.97 Å². The van der Waals surface area contributed by atoms with Crippen molar-refractivity contribution in [2.45, 2.75) is 25.3 Å². The molecule has 2 rings (SSSR count). The van der Waals surface area contributed by atoms with Crippen molar-refractivity contribution < 1.29 is 5.11 Å². The summed E-state index contributed by atoms with van der Waals surface area (Å²) in [6, 6.07) is 1.75. The van der Waals surface area contributed by atoms with Crippen LogP contribution in [0.3, 0.4) is 0 Å². The zero-order valence-corrected chi connectivity index (χ0v) is 9.33. The van der Waals surface area contributed by atoms with Crippen molar-refractivity contribution in [1.29, 1.82) is 0 Å². The molecule has 0 spiro atoms. The van der Waals surface area contributed by atoms with Crippen LogP contribution >= 0.6 is 11.6 Å². The lowest BCUT2D eigenvalue weighted by atomic mass is 9.97. The Kier molecular flexibility index (Phi) is 2.80. The van der Waals surface area contributed by atoms with Gasteiger partial charge in [0.2, 0.25) is 5.28 Å². The molecule has 0 bridgehead atoms. The van der Waals surface area contributed by atoms with Crippen LogP contribution < -0.4 is 5.32 Å². The maximum absolute atomic E-state index is 9.39. The monoisotopic (exact) mass is 227 g/mol. The highest BCUT2D eigenvalue weighted by Gasteiger charge is 2.41. The summed E-state index contributed by atoms with van der Waals surface area (Å²) >= 11 is 5.69. The van der Waals surface area contributed by atoms with E-state index in [0.29, 0.717) is 11.7 Å². The number of nitrogens with one attached hydrogen (secondary N) is 1. The Morgan fingerprint density at radius 2 is 2.40 bits per heavy atom. The van der Waals surface area contributed by atoms with E-state index >= 15 is 0 Å². The molecule has 0 amide bonds. The Labute approximate surface area is 93.7 Å². The molecule has 15 heavy (non-hydrogen) atoms. The fourth-order valence-electron chi connectivity index (χ4n) is 1.69. The lowest BCUT2D eigenvalue weighted by Gasteiger charge is -2.29. The second-order valence-electron chi connectivity index (χ2n) is 4.19. The van der Waals surface area contributed by atoms with E-state index < -0.39 is 0 Å². The summed E-state index contributed by atoms with van der Waals surface area (Å²) in [5.41, 5.74) is -0.294. The SMILES string of the molecule is C[C@](CO)(Nc1ccnc(Cl)n1)C1CC1. The minimum Gasteiger partial charge on any atom is -0.394 e. The van der Waals surface area contributed by atoms with E-state index in [-0.39, 0.29) is 17.4 Å². The maximum atomic E-state index is 9.39. The van der Waals surface area contributed by atoms with Crippen LogP contribution in [0.15, 0.2) is 12.3 Å². The molecule has 1 aliphatic rings. The number of halogens is 1. The summed E-state index contributed by atoms with van der Waals surface area (Å²) in [5, 5.41) is 12.8. The van der Waals surface area contributed by atoms with Gasteiger partial charge in [-0.1, -0.05) is 0 Å². The summed E-state index contributed by atoms with van der Waals surface area (Å²) in [6.07, 6.45) is 3.91. The number of nitrogens with zero attached hydrogens (tertiary/aromatic N) is 2. The largest absolute Gasteiger partial charge is 0.394 e. The molecule has 1 saturated carbocycles. The first-order chi connectivity index (χ1) is 7.14. The predicted molar refractivity (Wildman–Crippen MR) is 58.9 cm³/mol. The van der Waals surface area contributed by atoms with Gasteiger partial charge in [0.15, 0.2) is 0 Å². The lowest BCUT2D eigenvalue weighted by molar-refractivity contribution is 0.205. The summed E-state index contributed by atoms with van der Waals surface area (Å²) in [5.74, 6) is 1.19. The fraction of sp³-hybridized carbons (Fsp3) is 0.600. The third-order valence-corrected chi connectivity index (χ3v) is 3.03. The highest BCUT2D eigenvalue weighted by atomic mass is 35.5. The quantitative estimate of drug-likeness (QED) is 0.769. The lowest BCUT2D eigenvalue weighted by Crippen LogP contribution is -2.41. The van der Waals surface area contributed by atoms with Crippen molar-refractivity contribution in [2.75, 3.05) is 11.9 Å². The third kappa shape index (κ3) is 2.38. The standard InChI is InChI=1S/C10H14ClN3O/c1-10(6-15,7-2-3-7)14-8-4-5-12-9(11)13-8/h4-5,7,15H,2-3,6H2,1H3,(H,12,13,14)/t10-/m1/s1. The van der Waals surface area contributed by atoms with Crippen molar-refractivity contribution >= 4 is 17.4 Å². The Hall–Kier alpha value is -0.870. The fourth-order valence-corrected chi connectivity index (χ4v) is 1.84. The van der Waals surface area contributed by atoms with Crippen LogP contribution in [0.5, 0.6) is 0 Å². The zero-order chi connectivity index (χ0) is 10.9. The van der Waals surface area contributed by atoms with Crippen LogP contribution in [0.1, 0.15) is 19.8 Å². The van der Waals surface area contributed by atoms with Gasteiger partial charge in [-0.3, -0.25) is 0 Å². The van der Waals surface area contributed by atoms with Crippen molar-refractivity contribution in [1.82, 2.24) is 9.97 Å². The van der Waals surface area contributed by atoms with Gasteiger partial charge in [-0.15, -0.1) is 0 Å². The van der Waals surface area contributed by atoms with Gasteiger partial charge in [0.05, 0.1) is 12.1 Å². The molecule has 0 aromatic carbocycles. The Balaban J connectivity index is 2.12. The summed E-state index contributed by atoms with van der Waals surface area (Å²) < 4.78 is 0. The first kappa shape index (κ1) is 10.6. The zero-order valence-electron chi connectivity index (χ0n) is 8.57. The average Bonchev–Trinajstić information content (AvgIpc) is 3.01. The van der Waals surface area contributed by atoms with Crippen molar-refractivity contribution in [2.24, 2.45) is 5.92 Å². The summed E-state index contributed by atoms with van der Waals surface area (Å²) in [7, 11) is 0. The van der Waals surface area contributed by atoms with Gasteiger partial charge in [0, 0.05) is 6.20 Å². The van der Waals surface area contributed by atoms with Gasteiger partial charge >= 0.3 is 0 Å². The molecule has 0 unspecified atom stereocenters. The molecule has 0 aliphatic heterocycles. The summed E-state index contributed by atoms with van der Waals surface area (Å²) in [6.45, 7) is 2.10. The minimum absolute atomic E-state index is 0.0965. The van der Waals surface area contributed by atoms with E-state index in [1.165, 1.54) is 0 Å². The molecular weight excluding hydrogens is 214 g/mol.